The molecule has 4 aromatic rings. The van der Waals surface area contributed by atoms with Crippen molar-refractivity contribution in [2.75, 3.05) is 85.5 Å². The SMILES string of the molecule is COC(=O)CCCCCCCCCCCCCCCCC(=O)N[C@@H](CCC(=O)NCCOCCOCC(=O)CCCOCCOCC(=O)NC[C@@]12C[C@@H](C(=O)Nc3nc(Br)ccc3C)N(C(=O)Cn3nc(C(C)=O)c4cc(-c5cnc(C)nc5)ccc43)[C@@H]1C2)C(=O)OC. The number of unbranched alkanes of at least 4 members (excludes halogenated alkanes) is 13. The summed E-state index contributed by atoms with van der Waals surface area (Å²) in [6, 6.07) is 6.90. The van der Waals surface area contributed by atoms with Crippen molar-refractivity contribution in [2.45, 2.75) is 187 Å². The second-order valence-electron chi connectivity index (χ2n) is 24.0. The Kier molecular flexibility index (Phi) is 32.4. The highest BCUT2D eigenvalue weighted by atomic mass is 79.9. The Balaban J connectivity index is 0.773. The van der Waals surface area contributed by atoms with Crippen LogP contribution in [-0.4, -0.2) is 181 Å². The van der Waals surface area contributed by atoms with Crippen LogP contribution in [0.2, 0.25) is 0 Å². The van der Waals surface area contributed by atoms with Crippen molar-refractivity contribution in [3.05, 3.63) is 64.4 Å². The van der Waals surface area contributed by atoms with Gasteiger partial charge >= 0.3 is 11.9 Å². The Labute approximate surface area is 553 Å². The molecule has 2 fully saturated rings. The number of nitrogens with zero attached hydrogens (tertiary/aromatic N) is 6. The predicted molar refractivity (Wildman–Crippen MR) is 349 cm³/mol. The lowest BCUT2D eigenvalue weighted by Gasteiger charge is -2.27. The van der Waals surface area contributed by atoms with Crippen LogP contribution in [0, 0.1) is 19.3 Å². The minimum Gasteiger partial charge on any atom is -0.469 e. The number of methoxy groups -OCH3 is 2. The van der Waals surface area contributed by atoms with Crippen LogP contribution >= 0.6 is 15.9 Å². The third-order valence-corrected chi connectivity index (χ3v) is 17.2. The Bertz CT molecular complexity index is 3110. The van der Waals surface area contributed by atoms with E-state index >= 15 is 0 Å². The smallest absolute Gasteiger partial charge is 0.328 e. The van der Waals surface area contributed by atoms with Gasteiger partial charge < -0.3 is 54.6 Å². The Morgan fingerprint density at radius 2 is 1.29 bits per heavy atom. The highest BCUT2D eigenvalue weighted by Gasteiger charge is 2.67. The number of pyridine rings is 1. The van der Waals surface area contributed by atoms with Crippen LogP contribution < -0.4 is 21.3 Å². The number of carbonyl (C=O) groups is 9. The number of nitrogens with one attached hydrogen (secondary N) is 4. The summed E-state index contributed by atoms with van der Waals surface area (Å²) >= 11 is 3.37. The summed E-state index contributed by atoms with van der Waals surface area (Å²) in [5.74, 6) is -1.84. The molecule has 4 heterocycles. The summed E-state index contributed by atoms with van der Waals surface area (Å²) in [6.45, 7) is 6.11. The molecule has 1 aliphatic carbocycles. The molecule has 2 aliphatic rings. The van der Waals surface area contributed by atoms with Gasteiger partial charge in [0, 0.05) is 87.1 Å². The van der Waals surface area contributed by atoms with Gasteiger partial charge in [-0.15, -0.1) is 0 Å². The van der Waals surface area contributed by atoms with Gasteiger partial charge in [-0.2, -0.15) is 5.10 Å². The Morgan fingerprint density at radius 3 is 1.95 bits per heavy atom. The summed E-state index contributed by atoms with van der Waals surface area (Å²) < 4.78 is 33.7. The van der Waals surface area contributed by atoms with Crippen molar-refractivity contribution in [3.8, 4) is 11.1 Å². The van der Waals surface area contributed by atoms with Crippen molar-refractivity contribution >= 4 is 85.7 Å². The number of rotatable bonds is 47. The molecule has 1 aliphatic heterocycles. The highest BCUT2D eigenvalue weighted by Crippen LogP contribution is 2.59. The molecule has 4 N–H and O–H groups in total. The number of aromatic nitrogens is 5. The molecular formula is C67H95BrN10O15. The molecule has 1 saturated carbocycles. The number of amides is 5. The number of anilines is 1. The topological polar surface area (TPSA) is 317 Å². The first-order valence-electron chi connectivity index (χ1n) is 32.8. The van der Waals surface area contributed by atoms with E-state index in [1.165, 1.54) is 77.2 Å². The fourth-order valence-electron chi connectivity index (χ4n) is 11.4. The van der Waals surface area contributed by atoms with Gasteiger partial charge in [-0.3, -0.25) is 43.0 Å². The number of esters is 2. The third-order valence-electron chi connectivity index (χ3n) is 16.7. The minimum absolute atomic E-state index is 0.00617. The first kappa shape index (κ1) is 74.9. The molecule has 0 radical (unpaired) electrons. The molecule has 25 nitrogen and oxygen atoms in total. The molecule has 26 heteroatoms. The zero-order chi connectivity index (χ0) is 67.0. The number of halogens is 1. The van der Waals surface area contributed by atoms with E-state index in [9.17, 15) is 43.2 Å². The predicted octanol–water partition coefficient (Wildman–Crippen LogP) is 7.97. The van der Waals surface area contributed by atoms with Crippen LogP contribution in [0.4, 0.5) is 5.82 Å². The third kappa shape index (κ3) is 25.6. The Morgan fingerprint density at radius 1 is 0.656 bits per heavy atom. The average Bonchev–Trinajstić information content (AvgIpc) is 1.54. The molecule has 510 valence electrons. The van der Waals surface area contributed by atoms with E-state index in [1.54, 1.807) is 36.4 Å². The van der Waals surface area contributed by atoms with Crippen molar-refractivity contribution in [1.29, 1.82) is 0 Å². The number of ketones is 2. The molecule has 0 spiro atoms. The number of ether oxygens (including phenoxy) is 6. The van der Waals surface area contributed by atoms with E-state index in [2.05, 4.69) is 62.0 Å². The minimum atomic E-state index is -0.923. The quantitative estimate of drug-likeness (QED) is 0.0141. The first-order chi connectivity index (χ1) is 44.9. The monoisotopic (exact) mass is 1360 g/mol. The summed E-state index contributed by atoms with van der Waals surface area (Å²) in [5.41, 5.74) is 2.47. The summed E-state index contributed by atoms with van der Waals surface area (Å²) in [4.78, 5) is 130. The second-order valence-corrected chi connectivity index (χ2v) is 24.8. The number of Topliss-reactive ketones (excluding diaryl/α,β-unsaturated/α-hetero) is 2. The number of benzene rings is 1. The maximum atomic E-state index is 14.5. The molecule has 0 unspecified atom stereocenters. The average molecular weight is 1360 g/mol. The number of hydrogen-bond donors (Lipinski definition) is 4. The van der Waals surface area contributed by atoms with Crippen molar-refractivity contribution < 1.29 is 71.6 Å². The zero-order valence-electron chi connectivity index (χ0n) is 54.8. The van der Waals surface area contributed by atoms with Gasteiger partial charge in [-0.05, 0) is 97.6 Å². The lowest BCUT2D eigenvalue weighted by Crippen LogP contribution is -2.47. The fraction of sp³-hybridized carbons (Fsp3) is 0.627. The number of piperidine rings is 1. The number of likely N-dealkylation sites (tertiary alicyclic amines) is 1. The molecule has 6 rings (SSSR count). The van der Waals surface area contributed by atoms with Crippen molar-refractivity contribution in [1.82, 2.24) is 45.6 Å². The van der Waals surface area contributed by atoms with E-state index in [0.29, 0.717) is 59.4 Å². The molecule has 0 bridgehead atoms. The number of fused-ring (bicyclic) bond motifs is 2. The van der Waals surface area contributed by atoms with Gasteiger partial charge in [0.2, 0.25) is 29.5 Å². The maximum absolute atomic E-state index is 14.5. The van der Waals surface area contributed by atoms with Gasteiger partial charge in [-0.25, -0.2) is 19.7 Å². The summed E-state index contributed by atoms with van der Waals surface area (Å²) in [6.07, 6.45) is 21.5. The van der Waals surface area contributed by atoms with Crippen molar-refractivity contribution in [3.63, 3.8) is 0 Å². The highest BCUT2D eigenvalue weighted by molar-refractivity contribution is 9.10. The van der Waals surface area contributed by atoms with E-state index in [0.717, 1.165) is 55.2 Å². The lowest BCUT2D eigenvalue weighted by atomic mass is 9.99. The Hall–Kier alpha value is -7.13. The summed E-state index contributed by atoms with van der Waals surface area (Å²) in [5, 5.41) is 16.5. The first-order valence-corrected chi connectivity index (χ1v) is 33.6. The number of carbonyl (C=O) groups excluding carboxylic acids is 9. The largest absolute Gasteiger partial charge is 0.469 e. The van der Waals surface area contributed by atoms with Gasteiger partial charge in [0.1, 0.15) is 53.8 Å². The van der Waals surface area contributed by atoms with E-state index in [-0.39, 0.29) is 144 Å². The van der Waals surface area contributed by atoms with Gasteiger partial charge in [0.05, 0.1) is 52.8 Å². The van der Waals surface area contributed by atoms with Crippen LogP contribution in [0.5, 0.6) is 0 Å². The van der Waals surface area contributed by atoms with Crippen LogP contribution in [0.1, 0.15) is 170 Å². The van der Waals surface area contributed by atoms with Crippen LogP contribution in [-0.2, 0) is 73.3 Å². The molecule has 1 saturated heterocycles. The molecule has 4 atom stereocenters. The summed E-state index contributed by atoms with van der Waals surface area (Å²) in [7, 11) is 2.67. The molecule has 5 amide bonds. The van der Waals surface area contributed by atoms with Gasteiger partial charge in [0.15, 0.2) is 11.6 Å². The number of aryl methyl sites for hydroxylation is 2. The number of hydrogen-bond acceptors (Lipinski definition) is 19. The van der Waals surface area contributed by atoms with E-state index in [1.807, 2.05) is 25.1 Å². The van der Waals surface area contributed by atoms with Crippen LogP contribution in [0.3, 0.4) is 0 Å². The van der Waals surface area contributed by atoms with Crippen molar-refractivity contribution in [2.24, 2.45) is 5.41 Å². The van der Waals surface area contributed by atoms with E-state index < -0.39 is 29.4 Å². The van der Waals surface area contributed by atoms with Crippen LogP contribution in [0.25, 0.3) is 22.0 Å². The lowest BCUT2D eigenvalue weighted by molar-refractivity contribution is -0.145. The second kappa shape index (κ2) is 40.2. The molecule has 93 heavy (non-hydrogen) atoms. The van der Waals surface area contributed by atoms with E-state index in [4.69, 9.17) is 23.7 Å². The molecule has 3 aromatic heterocycles. The zero-order valence-corrected chi connectivity index (χ0v) is 56.4. The maximum Gasteiger partial charge on any atom is 0.328 e. The standard InChI is InChI=1S/C67H95BrN10O15/c1-46-24-28-57(68)74-64(46)75-65(86)55-38-67(39-56(67)78(55)61(84)42-77-54-27-25-49(50-40-70-48(3)71-41-50)37-52(54)63(76-77)47(2)79)45-72-60(83)44-93-36-33-90-31-20-21-51(80)43-92-35-34-91-32-30-69-58(81)29-26-53(66(87)89-5)73-59(82)22-18-16-14-12-10-8-6-7-9-11-13-15-17-19-23-62(85)88-4/h24-25,27-28,37,40-41,53,55-56H,6-23,26,29-36,38-39,42-45H2,1-5H3,(H,69,81)(H,72,83)(H,73,82)(H,74,75,86)/t53-,55-,56+,67-/m0/s1. The van der Waals surface area contributed by atoms with Crippen LogP contribution in [0.15, 0.2) is 47.3 Å². The molecular weight excluding hydrogens is 1260 g/mol. The van der Waals surface area contributed by atoms with Gasteiger partial charge in [-0.1, -0.05) is 89.2 Å². The van der Waals surface area contributed by atoms with Gasteiger partial charge in [0.25, 0.3) is 0 Å². The molecule has 1 aromatic carbocycles. The normalized spacial score (nSPS) is 15.9. The fourth-order valence-corrected chi connectivity index (χ4v) is 11.7.